The molecule has 0 saturated heterocycles. The van der Waals surface area contributed by atoms with Crippen molar-refractivity contribution in [2.24, 2.45) is 11.8 Å². The lowest BCUT2D eigenvalue weighted by atomic mass is 9.95. The number of nitrogens with zero attached hydrogens (tertiary/aromatic N) is 2. The number of rotatable bonds is 4. The molecule has 7 nitrogen and oxygen atoms in total. The Morgan fingerprint density at radius 3 is 2.44 bits per heavy atom. The Kier molecular flexibility index (Phi) is 3.60. The Hall–Kier alpha value is -1.92. The molecular formula is C9H14N4O3. The summed E-state index contributed by atoms with van der Waals surface area (Å²) in [5.41, 5.74) is 0. The summed E-state index contributed by atoms with van der Waals surface area (Å²) in [5.74, 6) is -2.07. The van der Waals surface area contributed by atoms with Crippen LogP contribution >= 0.6 is 0 Å². The highest BCUT2D eigenvalue weighted by Gasteiger charge is 2.26. The number of anilines is 1. The van der Waals surface area contributed by atoms with E-state index in [1.807, 2.05) is 0 Å². The Balaban J connectivity index is 2.62. The van der Waals surface area contributed by atoms with Crippen molar-refractivity contribution in [3.05, 3.63) is 5.82 Å². The zero-order valence-corrected chi connectivity index (χ0v) is 9.31. The van der Waals surface area contributed by atoms with Gasteiger partial charge in [0.1, 0.15) is 5.82 Å². The minimum absolute atomic E-state index is 0.159. The van der Waals surface area contributed by atoms with E-state index in [1.165, 1.54) is 6.92 Å². The van der Waals surface area contributed by atoms with Gasteiger partial charge in [-0.25, -0.2) is 0 Å². The predicted octanol–water partition coefficient (Wildman–Crippen LogP) is 0.408. The van der Waals surface area contributed by atoms with Crippen LogP contribution in [0, 0.1) is 18.8 Å². The molecule has 0 aliphatic heterocycles. The molecule has 88 valence electrons. The minimum Gasteiger partial charge on any atom is -0.481 e. The largest absolute Gasteiger partial charge is 0.481 e. The first kappa shape index (κ1) is 12.2. The first-order valence-corrected chi connectivity index (χ1v) is 4.84. The molecule has 0 aliphatic carbocycles. The molecule has 2 atom stereocenters. The number of aromatic nitrogens is 3. The fourth-order valence-corrected chi connectivity index (χ4v) is 1.06. The number of nitrogens with one attached hydrogen (secondary N) is 2. The molecular weight excluding hydrogens is 212 g/mol. The highest BCUT2D eigenvalue weighted by molar-refractivity contribution is 5.93. The monoisotopic (exact) mass is 226 g/mol. The molecule has 0 fully saturated rings. The summed E-state index contributed by atoms with van der Waals surface area (Å²) in [5, 5.41) is 17.5. The van der Waals surface area contributed by atoms with Gasteiger partial charge in [0.25, 0.3) is 0 Å². The Bertz CT molecular complexity index is 401. The van der Waals surface area contributed by atoms with Crippen molar-refractivity contribution in [2.75, 3.05) is 5.32 Å². The normalized spacial score (nSPS) is 14.2. The lowest BCUT2D eigenvalue weighted by Crippen LogP contribution is -2.30. The molecule has 2 unspecified atom stereocenters. The molecule has 1 amide bonds. The van der Waals surface area contributed by atoms with Gasteiger partial charge in [0.15, 0.2) is 0 Å². The van der Waals surface area contributed by atoms with E-state index in [0.717, 1.165) is 0 Å². The van der Waals surface area contributed by atoms with E-state index in [4.69, 9.17) is 5.11 Å². The van der Waals surface area contributed by atoms with Crippen molar-refractivity contribution < 1.29 is 14.7 Å². The van der Waals surface area contributed by atoms with Gasteiger partial charge < -0.3 is 5.11 Å². The molecule has 1 rings (SSSR count). The molecule has 3 N–H and O–H groups in total. The lowest BCUT2D eigenvalue weighted by molar-refractivity contribution is -0.145. The van der Waals surface area contributed by atoms with Crippen molar-refractivity contribution in [3.8, 4) is 0 Å². The second kappa shape index (κ2) is 4.73. The summed E-state index contributed by atoms with van der Waals surface area (Å²) in [7, 11) is 0. The van der Waals surface area contributed by atoms with Gasteiger partial charge in [0.2, 0.25) is 11.9 Å². The van der Waals surface area contributed by atoms with Crippen LogP contribution in [0.3, 0.4) is 0 Å². The molecule has 16 heavy (non-hydrogen) atoms. The SMILES string of the molecule is Cc1nc(NC(=O)C(C)C(C)C(=O)O)n[nH]1. The maximum absolute atomic E-state index is 11.6. The van der Waals surface area contributed by atoms with E-state index < -0.39 is 23.7 Å². The molecule has 0 aliphatic rings. The highest BCUT2D eigenvalue weighted by atomic mass is 16.4. The van der Waals surface area contributed by atoms with E-state index in [0.29, 0.717) is 5.82 Å². The topological polar surface area (TPSA) is 108 Å². The second-order valence-electron chi connectivity index (χ2n) is 3.65. The molecule has 0 saturated carbocycles. The fraction of sp³-hybridized carbons (Fsp3) is 0.556. The molecule has 0 bridgehead atoms. The van der Waals surface area contributed by atoms with Crippen LogP contribution in [0.15, 0.2) is 0 Å². The summed E-state index contributed by atoms with van der Waals surface area (Å²) >= 11 is 0. The van der Waals surface area contributed by atoms with Crippen LogP contribution in [0.5, 0.6) is 0 Å². The Morgan fingerprint density at radius 1 is 1.38 bits per heavy atom. The number of aromatic amines is 1. The average Bonchev–Trinajstić information content (AvgIpc) is 2.61. The number of hydrogen-bond acceptors (Lipinski definition) is 4. The van der Waals surface area contributed by atoms with Gasteiger partial charge in [0.05, 0.1) is 5.92 Å². The number of carbonyl (C=O) groups is 2. The Labute approximate surface area is 92.3 Å². The lowest BCUT2D eigenvalue weighted by Gasteiger charge is -2.13. The van der Waals surface area contributed by atoms with E-state index in [1.54, 1.807) is 13.8 Å². The molecule has 0 spiro atoms. The van der Waals surface area contributed by atoms with Gasteiger partial charge in [-0.05, 0) is 6.92 Å². The van der Waals surface area contributed by atoms with Crippen LogP contribution in [0.1, 0.15) is 19.7 Å². The third kappa shape index (κ3) is 2.78. The number of H-pyrrole nitrogens is 1. The fourth-order valence-electron chi connectivity index (χ4n) is 1.06. The van der Waals surface area contributed by atoms with Crippen molar-refractivity contribution in [2.45, 2.75) is 20.8 Å². The Morgan fingerprint density at radius 2 is 2.00 bits per heavy atom. The molecule has 1 heterocycles. The van der Waals surface area contributed by atoms with Crippen molar-refractivity contribution in [1.29, 1.82) is 0 Å². The van der Waals surface area contributed by atoms with Crippen LogP contribution in [0.4, 0.5) is 5.95 Å². The number of aliphatic carboxylic acids is 1. The van der Waals surface area contributed by atoms with Gasteiger partial charge >= 0.3 is 5.97 Å². The summed E-state index contributed by atoms with van der Waals surface area (Å²) in [6.07, 6.45) is 0. The molecule has 0 aromatic carbocycles. The van der Waals surface area contributed by atoms with E-state index >= 15 is 0 Å². The van der Waals surface area contributed by atoms with Crippen LogP contribution in [-0.4, -0.2) is 32.2 Å². The summed E-state index contributed by atoms with van der Waals surface area (Å²) in [6, 6.07) is 0. The third-order valence-electron chi connectivity index (χ3n) is 2.39. The smallest absolute Gasteiger partial charge is 0.307 e. The minimum atomic E-state index is -1.01. The zero-order chi connectivity index (χ0) is 12.3. The van der Waals surface area contributed by atoms with Gasteiger partial charge in [-0.15, -0.1) is 5.10 Å². The number of aryl methyl sites for hydroxylation is 1. The highest BCUT2D eigenvalue weighted by Crippen LogP contribution is 2.13. The summed E-state index contributed by atoms with van der Waals surface area (Å²) < 4.78 is 0. The van der Waals surface area contributed by atoms with Crippen LogP contribution in [0.25, 0.3) is 0 Å². The summed E-state index contributed by atoms with van der Waals surface area (Å²) in [4.78, 5) is 26.2. The van der Waals surface area contributed by atoms with Crippen molar-refractivity contribution in [1.82, 2.24) is 15.2 Å². The molecule has 1 aromatic heterocycles. The number of carboxylic acid groups (broad SMARTS) is 1. The maximum Gasteiger partial charge on any atom is 0.307 e. The van der Waals surface area contributed by atoms with Crippen molar-refractivity contribution in [3.63, 3.8) is 0 Å². The van der Waals surface area contributed by atoms with Crippen molar-refractivity contribution >= 4 is 17.8 Å². The van der Waals surface area contributed by atoms with E-state index in [2.05, 4.69) is 20.5 Å². The van der Waals surface area contributed by atoms with Gasteiger partial charge in [-0.1, -0.05) is 13.8 Å². The van der Waals surface area contributed by atoms with Gasteiger partial charge in [-0.3, -0.25) is 20.0 Å². The number of amides is 1. The first-order valence-electron chi connectivity index (χ1n) is 4.84. The number of carboxylic acids is 1. The van der Waals surface area contributed by atoms with E-state index in [9.17, 15) is 9.59 Å². The van der Waals surface area contributed by atoms with Gasteiger partial charge in [-0.2, -0.15) is 4.98 Å². The second-order valence-corrected chi connectivity index (χ2v) is 3.65. The standard InChI is InChI=1S/C9H14N4O3/c1-4(5(2)8(15)16)7(14)11-9-10-6(3)12-13-9/h4-5H,1-3H3,(H,15,16)(H2,10,11,12,13,14). The predicted molar refractivity (Wildman–Crippen MR) is 55.7 cm³/mol. The van der Waals surface area contributed by atoms with Crippen LogP contribution < -0.4 is 5.32 Å². The van der Waals surface area contributed by atoms with Crippen LogP contribution in [-0.2, 0) is 9.59 Å². The molecule has 1 aromatic rings. The molecule has 0 radical (unpaired) electrons. The number of hydrogen-bond donors (Lipinski definition) is 3. The third-order valence-corrected chi connectivity index (χ3v) is 2.39. The summed E-state index contributed by atoms with van der Waals surface area (Å²) in [6.45, 7) is 4.73. The first-order chi connectivity index (χ1) is 7.41. The average molecular weight is 226 g/mol. The molecule has 7 heteroatoms. The van der Waals surface area contributed by atoms with Gasteiger partial charge in [0, 0.05) is 5.92 Å². The number of carbonyl (C=O) groups excluding carboxylic acids is 1. The van der Waals surface area contributed by atoms with Crippen LogP contribution in [0.2, 0.25) is 0 Å². The zero-order valence-electron chi connectivity index (χ0n) is 9.31. The quantitative estimate of drug-likeness (QED) is 0.689. The van der Waals surface area contributed by atoms with E-state index in [-0.39, 0.29) is 5.95 Å². The maximum atomic E-state index is 11.6.